The van der Waals surface area contributed by atoms with Gasteiger partial charge in [0.25, 0.3) is 0 Å². The molecule has 0 saturated heterocycles. The fraction of sp³-hybridized carbons (Fsp3) is 0.174. The third-order valence-corrected chi connectivity index (χ3v) is 5.70. The molecule has 0 bridgehead atoms. The molecule has 4 rings (SSSR count). The second kappa shape index (κ2) is 9.17. The van der Waals surface area contributed by atoms with Crippen LogP contribution in [0.5, 0.6) is 0 Å². The van der Waals surface area contributed by atoms with Crippen molar-refractivity contribution in [3.63, 3.8) is 0 Å². The van der Waals surface area contributed by atoms with E-state index < -0.39 is 11.6 Å². The first-order valence-electron chi connectivity index (χ1n) is 9.78. The van der Waals surface area contributed by atoms with Gasteiger partial charge in [0.2, 0.25) is 0 Å². The minimum atomic E-state index is -0.556. The maximum absolute atomic E-state index is 15.0. The lowest BCUT2D eigenvalue weighted by Gasteiger charge is -2.11. The Balaban J connectivity index is 1.62. The molecule has 2 heterocycles. The molecule has 0 aliphatic carbocycles. The Bertz CT molecular complexity index is 1140. The molecule has 0 unspecified atom stereocenters. The predicted molar refractivity (Wildman–Crippen MR) is 121 cm³/mol. The Morgan fingerprint density at radius 2 is 1.90 bits per heavy atom. The molecule has 30 heavy (non-hydrogen) atoms. The number of hydrogen-bond donors (Lipinski definition) is 3. The van der Waals surface area contributed by atoms with Crippen molar-refractivity contribution >= 4 is 40.0 Å². The molecule has 2 aromatic heterocycles. The number of pyridine rings is 1. The lowest BCUT2D eigenvalue weighted by molar-refractivity contribution is 0.565. The summed E-state index contributed by atoms with van der Waals surface area (Å²) >= 11 is 1.41. The van der Waals surface area contributed by atoms with Crippen LogP contribution in [0.25, 0.3) is 11.0 Å². The summed E-state index contributed by atoms with van der Waals surface area (Å²) in [5.41, 5.74) is 3.55. The highest BCUT2D eigenvalue weighted by molar-refractivity contribution is 8.00. The van der Waals surface area contributed by atoms with Gasteiger partial charge in [-0.1, -0.05) is 37.1 Å². The number of aromatic amines is 1. The quantitative estimate of drug-likeness (QED) is 0.219. The molecule has 0 saturated carbocycles. The Kier molecular flexibility index (Phi) is 6.18. The summed E-state index contributed by atoms with van der Waals surface area (Å²) in [6.07, 6.45) is 4.58. The van der Waals surface area contributed by atoms with Crippen molar-refractivity contribution in [2.45, 2.75) is 19.8 Å². The van der Waals surface area contributed by atoms with Gasteiger partial charge in [0, 0.05) is 35.0 Å². The molecule has 0 radical (unpaired) electrons. The summed E-state index contributed by atoms with van der Waals surface area (Å²) in [7, 11) is 0. The molecule has 0 fully saturated rings. The van der Waals surface area contributed by atoms with E-state index in [1.807, 2.05) is 43.3 Å². The van der Waals surface area contributed by atoms with Crippen molar-refractivity contribution in [3.8, 4) is 0 Å². The van der Waals surface area contributed by atoms with Crippen molar-refractivity contribution in [3.05, 3.63) is 83.7 Å². The van der Waals surface area contributed by atoms with Crippen molar-refractivity contribution in [2.24, 2.45) is 0 Å². The van der Waals surface area contributed by atoms with Crippen LogP contribution in [0.1, 0.15) is 24.5 Å². The van der Waals surface area contributed by atoms with Gasteiger partial charge in [0.15, 0.2) is 5.82 Å². The van der Waals surface area contributed by atoms with Crippen molar-refractivity contribution < 1.29 is 8.78 Å². The number of halogens is 2. The first-order valence-corrected chi connectivity index (χ1v) is 10.8. The van der Waals surface area contributed by atoms with Crippen LogP contribution in [0.2, 0.25) is 0 Å². The molecule has 3 N–H and O–H groups in total. The van der Waals surface area contributed by atoms with Crippen LogP contribution in [0.4, 0.5) is 25.8 Å². The maximum atomic E-state index is 15.0. The van der Waals surface area contributed by atoms with E-state index in [0.717, 1.165) is 34.5 Å². The Morgan fingerprint density at radius 1 is 1.07 bits per heavy atom. The second-order valence-electron chi connectivity index (χ2n) is 6.94. The van der Waals surface area contributed by atoms with Gasteiger partial charge in [-0.3, -0.25) is 0 Å². The number of para-hydroxylation sites is 1. The Labute approximate surface area is 178 Å². The molecule has 4 aromatic rings. The van der Waals surface area contributed by atoms with Gasteiger partial charge in [0.05, 0.1) is 17.6 Å². The molecule has 0 atom stereocenters. The minimum absolute atomic E-state index is 0.0411. The van der Waals surface area contributed by atoms with Crippen molar-refractivity contribution in [2.75, 3.05) is 15.8 Å². The molecule has 0 amide bonds. The molecule has 0 aliphatic heterocycles. The first-order chi connectivity index (χ1) is 14.7. The molecule has 0 aliphatic rings. The summed E-state index contributed by atoms with van der Waals surface area (Å²) < 4.78 is 32.4. The number of H-pyrrole nitrogens is 1. The smallest absolute Gasteiger partial charge is 0.153 e. The van der Waals surface area contributed by atoms with Crippen LogP contribution in [-0.2, 0) is 6.42 Å². The van der Waals surface area contributed by atoms with E-state index in [1.165, 1.54) is 24.1 Å². The third-order valence-electron chi connectivity index (χ3n) is 4.72. The summed E-state index contributed by atoms with van der Waals surface area (Å²) in [4.78, 5) is 7.52. The fourth-order valence-electron chi connectivity index (χ4n) is 3.22. The van der Waals surface area contributed by atoms with Crippen LogP contribution in [0.3, 0.4) is 0 Å². The zero-order valence-corrected chi connectivity index (χ0v) is 17.3. The predicted octanol–water partition coefficient (Wildman–Crippen LogP) is 6.65. The number of benzene rings is 2. The van der Waals surface area contributed by atoms with Gasteiger partial charge in [-0.05, 0) is 42.3 Å². The zero-order chi connectivity index (χ0) is 20.9. The summed E-state index contributed by atoms with van der Waals surface area (Å²) in [6, 6.07) is 14.4. The van der Waals surface area contributed by atoms with Crippen LogP contribution < -0.4 is 10.0 Å². The standard InChI is InChI=1S/C23H22F2N4S/c1-2-10-30-29-21-9-8-20(24)19(22(21)25)11-15-13-26-23-18(15)12-17(14-27-23)28-16-6-4-3-5-7-16/h3-9,12-14,28-29H,2,10-11H2,1H3,(H,26,27). The SMILES string of the molecule is CCCSNc1ccc(F)c(Cc2c[nH]c3ncc(Nc4ccccc4)cc23)c1F. The molecular formula is C23H22F2N4S. The minimum Gasteiger partial charge on any atom is -0.354 e. The Morgan fingerprint density at radius 3 is 2.70 bits per heavy atom. The van der Waals surface area contributed by atoms with Gasteiger partial charge in [0.1, 0.15) is 11.5 Å². The monoisotopic (exact) mass is 424 g/mol. The number of rotatable bonds is 8. The molecule has 154 valence electrons. The van der Waals surface area contributed by atoms with E-state index in [2.05, 4.69) is 20.0 Å². The number of anilines is 3. The van der Waals surface area contributed by atoms with E-state index in [4.69, 9.17) is 0 Å². The van der Waals surface area contributed by atoms with E-state index in [0.29, 0.717) is 11.3 Å². The lowest BCUT2D eigenvalue weighted by atomic mass is 10.0. The normalized spacial score (nSPS) is 11.0. The van der Waals surface area contributed by atoms with Crippen LogP contribution >= 0.6 is 11.9 Å². The largest absolute Gasteiger partial charge is 0.354 e. The molecule has 0 spiro atoms. The van der Waals surface area contributed by atoms with E-state index in [-0.39, 0.29) is 12.0 Å². The lowest BCUT2D eigenvalue weighted by Crippen LogP contribution is -2.01. The van der Waals surface area contributed by atoms with Gasteiger partial charge < -0.3 is 15.0 Å². The molecule has 2 aromatic carbocycles. The first kappa shape index (κ1) is 20.2. The van der Waals surface area contributed by atoms with Gasteiger partial charge in [-0.2, -0.15) is 0 Å². The molecule has 4 nitrogen and oxygen atoms in total. The number of hydrogen-bond acceptors (Lipinski definition) is 4. The van der Waals surface area contributed by atoms with E-state index >= 15 is 0 Å². The van der Waals surface area contributed by atoms with E-state index in [9.17, 15) is 8.78 Å². The molecule has 7 heteroatoms. The fourth-order valence-corrected chi connectivity index (χ4v) is 3.84. The van der Waals surface area contributed by atoms with Crippen molar-refractivity contribution in [1.29, 1.82) is 0 Å². The van der Waals surface area contributed by atoms with E-state index in [1.54, 1.807) is 12.4 Å². The van der Waals surface area contributed by atoms with Crippen molar-refractivity contribution in [1.82, 2.24) is 9.97 Å². The number of nitrogens with one attached hydrogen (secondary N) is 3. The van der Waals surface area contributed by atoms with Gasteiger partial charge in [-0.15, -0.1) is 0 Å². The average Bonchev–Trinajstić information content (AvgIpc) is 3.16. The number of aromatic nitrogens is 2. The van der Waals surface area contributed by atoms with Gasteiger partial charge in [-0.25, -0.2) is 13.8 Å². The molecular weight excluding hydrogens is 402 g/mol. The number of nitrogens with zero attached hydrogens (tertiary/aromatic N) is 1. The topological polar surface area (TPSA) is 52.7 Å². The third kappa shape index (κ3) is 4.41. The highest BCUT2D eigenvalue weighted by Gasteiger charge is 2.17. The maximum Gasteiger partial charge on any atom is 0.153 e. The summed E-state index contributed by atoms with van der Waals surface area (Å²) in [6.45, 7) is 2.05. The highest BCUT2D eigenvalue weighted by Crippen LogP contribution is 2.29. The second-order valence-corrected chi connectivity index (χ2v) is 7.84. The zero-order valence-electron chi connectivity index (χ0n) is 16.5. The van der Waals surface area contributed by atoms with Gasteiger partial charge >= 0.3 is 0 Å². The highest BCUT2D eigenvalue weighted by atomic mass is 32.2. The summed E-state index contributed by atoms with van der Waals surface area (Å²) in [5.74, 6) is -0.267. The number of fused-ring (bicyclic) bond motifs is 1. The Hall–Kier alpha value is -3.06. The average molecular weight is 425 g/mol. The summed E-state index contributed by atoms with van der Waals surface area (Å²) in [5, 5.41) is 4.13. The van der Waals surface area contributed by atoms with Crippen LogP contribution in [-0.4, -0.2) is 15.7 Å². The van der Waals surface area contributed by atoms with Crippen LogP contribution in [0.15, 0.2) is 60.9 Å². The van der Waals surface area contributed by atoms with Crippen LogP contribution in [0, 0.1) is 11.6 Å².